The molecule has 0 saturated carbocycles. The van der Waals surface area contributed by atoms with Crippen LogP contribution in [0.2, 0.25) is 0 Å². The Morgan fingerprint density at radius 1 is 1.40 bits per heavy atom. The molecule has 0 spiro atoms. The number of nitrogens with two attached hydrogens (primary N) is 1. The number of nitrogens with zero attached hydrogens (tertiary/aromatic N) is 2. The van der Waals surface area contributed by atoms with Crippen LogP contribution in [-0.2, 0) is 13.0 Å². The fraction of sp³-hybridized carbons (Fsp3) is 0.333. The summed E-state index contributed by atoms with van der Waals surface area (Å²) < 4.78 is 5.45. The molecule has 0 saturated heterocycles. The molecule has 3 N–H and O–H groups in total. The number of hydrogen-bond acceptors (Lipinski definition) is 3. The van der Waals surface area contributed by atoms with Gasteiger partial charge in [0.25, 0.3) is 0 Å². The molecule has 0 unspecified atom stereocenters. The Morgan fingerprint density at radius 3 is 2.90 bits per heavy atom. The lowest BCUT2D eigenvalue weighted by Crippen LogP contribution is -2.33. The van der Waals surface area contributed by atoms with Crippen LogP contribution in [0.15, 0.2) is 39.9 Å². The highest BCUT2D eigenvalue weighted by Crippen LogP contribution is 2.14. The van der Waals surface area contributed by atoms with Crippen molar-refractivity contribution in [2.75, 3.05) is 6.54 Å². The Kier molecular flexibility index (Phi) is 4.76. The first kappa shape index (κ1) is 14.1. The summed E-state index contributed by atoms with van der Waals surface area (Å²) in [4.78, 5) is 8.55. The molecular weight excluding hydrogens is 252 g/mol. The lowest BCUT2D eigenvalue weighted by Gasteiger charge is -2.05. The minimum absolute atomic E-state index is 0.444. The number of pyridine rings is 1. The van der Waals surface area contributed by atoms with Gasteiger partial charge >= 0.3 is 0 Å². The third kappa shape index (κ3) is 4.12. The van der Waals surface area contributed by atoms with Crippen molar-refractivity contribution in [3.05, 3.63) is 53.2 Å². The monoisotopic (exact) mass is 272 g/mol. The summed E-state index contributed by atoms with van der Waals surface area (Å²) in [5.41, 5.74) is 7.93. The van der Waals surface area contributed by atoms with Crippen molar-refractivity contribution in [3.63, 3.8) is 0 Å². The highest BCUT2D eigenvalue weighted by molar-refractivity contribution is 5.77. The van der Waals surface area contributed by atoms with E-state index >= 15 is 0 Å². The Labute approximate surface area is 118 Å². The normalized spacial score (nSPS) is 11.6. The summed E-state index contributed by atoms with van der Waals surface area (Å²) in [5, 5.41) is 3.08. The molecule has 0 aliphatic rings. The van der Waals surface area contributed by atoms with Crippen LogP contribution in [0.5, 0.6) is 0 Å². The highest BCUT2D eigenvalue weighted by Gasteiger charge is 2.03. The number of aliphatic imine (C=N–C) groups is 1. The van der Waals surface area contributed by atoms with Crippen LogP contribution in [0.4, 0.5) is 0 Å². The molecule has 0 radical (unpaired) electrons. The first-order valence-electron chi connectivity index (χ1n) is 6.65. The van der Waals surface area contributed by atoms with E-state index in [-0.39, 0.29) is 0 Å². The van der Waals surface area contributed by atoms with E-state index in [0.29, 0.717) is 12.5 Å². The van der Waals surface area contributed by atoms with E-state index in [9.17, 15) is 0 Å². The first-order chi connectivity index (χ1) is 9.65. The van der Waals surface area contributed by atoms with Gasteiger partial charge in [0.1, 0.15) is 11.5 Å². The molecule has 0 aliphatic carbocycles. The van der Waals surface area contributed by atoms with Gasteiger partial charge in [0.05, 0.1) is 6.54 Å². The summed E-state index contributed by atoms with van der Waals surface area (Å²) in [7, 11) is 0. The van der Waals surface area contributed by atoms with Crippen LogP contribution in [-0.4, -0.2) is 17.5 Å². The zero-order valence-corrected chi connectivity index (χ0v) is 11.9. The summed E-state index contributed by atoms with van der Waals surface area (Å²) >= 11 is 0. The fourth-order valence-electron chi connectivity index (χ4n) is 1.93. The average Bonchev–Trinajstić information content (AvgIpc) is 2.76. The maximum atomic E-state index is 5.83. The molecule has 0 amide bonds. The summed E-state index contributed by atoms with van der Waals surface area (Å²) in [6, 6.07) is 7.86. The van der Waals surface area contributed by atoms with Gasteiger partial charge in [0, 0.05) is 30.4 Å². The predicted molar refractivity (Wildman–Crippen MR) is 79.5 cm³/mol. The third-order valence-corrected chi connectivity index (χ3v) is 2.98. The molecule has 0 atom stereocenters. The minimum atomic E-state index is 0.444. The van der Waals surface area contributed by atoms with Gasteiger partial charge in [-0.2, -0.15) is 0 Å². The molecule has 0 fully saturated rings. The van der Waals surface area contributed by atoms with Crippen LogP contribution >= 0.6 is 0 Å². The van der Waals surface area contributed by atoms with Crippen molar-refractivity contribution in [2.45, 2.75) is 26.8 Å². The van der Waals surface area contributed by atoms with Gasteiger partial charge in [0.2, 0.25) is 0 Å². The van der Waals surface area contributed by atoms with Gasteiger partial charge in [-0.05, 0) is 32.0 Å². The highest BCUT2D eigenvalue weighted by atomic mass is 16.3. The zero-order valence-electron chi connectivity index (χ0n) is 11.9. The van der Waals surface area contributed by atoms with Crippen molar-refractivity contribution >= 4 is 5.96 Å². The minimum Gasteiger partial charge on any atom is -0.466 e. The van der Waals surface area contributed by atoms with Crippen LogP contribution in [0.25, 0.3) is 0 Å². The van der Waals surface area contributed by atoms with E-state index in [1.54, 1.807) is 6.20 Å². The molecule has 0 aliphatic heterocycles. The second kappa shape index (κ2) is 6.75. The van der Waals surface area contributed by atoms with Crippen molar-refractivity contribution < 1.29 is 4.42 Å². The number of aryl methyl sites for hydroxylation is 2. The maximum absolute atomic E-state index is 5.83. The molecule has 2 aromatic heterocycles. The first-order valence-corrected chi connectivity index (χ1v) is 6.65. The predicted octanol–water partition coefficient (Wildman–Crippen LogP) is 1.94. The topological polar surface area (TPSA) is 76.4 Å². The molecule has 2 aromatic rings. The summed E-state index contributed by atoms with van der Waals surface area (Å²) in [6.07, 6.45) is 2.61. The second-order valence-corrected chi connectivity index (χ2v) is 4.64. The van der Waals surface area contributed by atoms with E-state index in [0.717, 1.165) is 35.7 Å². The van der Waals surface area contributed by atoms with Crippen LogP contribution in [0.1, 0.15) is 22.8 Å². The van der Waals surface area contributed by atoms with E-state index in [2.05, 4.69) is 15.3 Å². The Bertz CT molecular complexity index is 575. The molecule has 0 aromatic carbocycles. The SMILES string of the molecule is Cc1cc(CN=C(N)NCCc2ccccn2)c(C)o1. The summed E-state index contributed by atoms with van der Waals surface area (Å²) in [6.45, 7) is 5.11. The molecule has 20 heavy (non-hydrogen) atoms. The Balaban J connectivity index is 1.78. The molecule has 2 rings (SSSR count). The molecule has 106 valence electrons. The molecule has 5 nitrogen and oxygen atoms in total. The number of rotatable bonds is 5. The number of guanidine groups is 1. The number of aromatic nitrogens is 1. The van der Waals surface area contributed by atoms with Gasteiger partial charge in [-0.15, -0.1) is 0 Å². The maximum Gasteiger partial charge on any atom is 0.188 e. The fourth-order valence-corrected chi connectivity index (χ4v) is 1.93. The molecule has 2 heterocycles. The smallest absolute Gasteiger partial charge is 0.188 e. The Morgan fingerprint density at radius 2 is 2.25 bits per heavy atom. The van der Waals surface area contributed by atoms with Crippen LogP contribution in [0, 0.1) is 13.8 Å². The number of furan rings is 1. The number of hydrogen-bond donors (Lipinski definition) is 2. The zero-order chi connectivity index (χ0) is 14.4. The van der Waals surface area contributed by atoms with Crippen molar-refractivity contribution in [1.82, 2.24) is 10.3 Å². The largest absolute Gasteiger partial charge is 0.466 e. The van der Waals surface area contributed by atoms with E-state index < -0.39 is 0 Å². The Hall–Kier alpha value is -2.30. The lowest BCUT2D eigenvalue weighted by atomic mass is 10.2. The molecule has 5 heteroatoms. The van der Waals surface area contributed by atoms with Gasteiger partial charge in [-0.3, -0.25) is 4.98 Å². The number of nitrogens with one attached hydrogen (secondary N) is 1. The van der Waals surface area contributed by atoms with Crippen molar-refractivity contribution in [2.24, 2.45) is 10.7 Å². The van der Waals surface area contributed by atoms with E-state index in [4.69, 9.17) is 10.2 Å². The van der Waals surface area contributed by atoms with Crippen LogP contribution < -0.4 is 11.1 Å². The van der Waals surface area contributed by atoms with Gasteiger partial charge in [0.15, 0.2) is 5.96 Å². The molecule has 0 bridgehead atoms. The van der Waals surface area contributed by atoms with Crippen molar-refractivity contribution in [1.29, 1.82) is 0 Å². The standard InChI is InChI=1S/C15H20N4O/c1-11-9-13(12(2)20-11)10-19-15(16)18-8-6-14-5-3-4-7-17-14/h3-5,7,9H,6,8,10H2,1-2H3,(H3,16,18,19). The third-order valence-electron chi connectivity index (χ3n) is 2.98. The summed E-state index contributed by atoms with van der Waals surface area (Å²) in [5.74, 6) is 2.24. The molecular formula is C15H20N4O. The average molecular weight is 272 g/mol. The second-order valence-electron chi connectivity index (χ2n) is 4.64. The van der Waals surface area contributed by atoms with Gasteiger partial charge in [-0.25, -0.2) is 4.99 Å². The lowest BCUT2D eigenvalue weighted by molar-refractivity contribution is 0.501. The van der Waals surface area contributed by atoms with Crippen LogP contribution in [0.3, 0.4) is 0 Å². The van der Waals surface area contributed by atoms with E-state index in [1.165, 1.54) is 0 Å². The van der Waals surface area contributed by atoms with E-state index in [1.807, 2.05) is 38.1 Å². The quantitative estimate of drug-likeness (QED) is 0.644. The van der Waals surface area contributed by atoms with Gasteiger partial charge in [-0.1, -0.05) is 6.07 Å². The van der Waals surface area contributed by atoms with Crippen molar-refractivity contribution in [3.8, 4) is 0 Å². The van der Waals surface area contributed by atoms with Gasteiger partial charge < -0.3 is 15.5 Å².